The van der Waals surface area contributed by atoms with Gasteiger partial charge in [0.2, 0.25) is 0 Å². The average Bonchev–Trinajstić information content (AvgIpc) is 1.88. The lowest BCUT2D eigenvalue weighted by molar-refractivity contribution is 0.0572. The topological polar surface area (TPSA) is 37.0 Å². The van der Waals surface area contributed by atoms with Crippen LogP contribution < -0.4 is 0 Å². The standard InChI is InChI=1S/C7H4BrO2/c8-6-4-2-1-3-5(6)7(9)10/h1-4H. The molecule has 0 aliphatic heterocycles. The fourth-order valence-corrected chi connectivity index (χ4v) is 1.07. The highest BCUT2D eigenvalue weighted by molar-refractivity contribution is 9.10. The number of carbonyl (C=O) groups excluding carboxylic acids is 1. The second-order valence-electron chi connectivity index (χ2n) is 1.77. The van der Waals surface area contributed by atoms with Crippen molar-refractivity contribution in [1.82, 2.24) is 0 Å². The minimum atomic E-state index is -1.16. The van der Waals surface area contributed by atoms with Gasteiger partial charge in [-0.2, -0.15) is 0 Å². The summed E-state index contributed by atoms with van der Waals surface area (Å²) in [5.41, 5.74) is 0.183. The molecule has 0 aliphatic carbocycles. The third kappa shape index (κ3) is 1.36. The third-order valence-electron chi connectivity index (χ3n) is 1.09. The number of rotatable bonds is 1. The molecule has 0 spiro atoms. The fraction of sp³-hybridized carbons (Fsp3) is 0. The molecule has 0 saturated heterocycles. The zero-order valence-electron chi connectivity index (χ0n) is 5.00. The maximum absolute atomic E-state index is 10.3. The van der Waals surface area contributed by atoms with Crippen LogP contribution in [0.5, 0.6) is 0 Å². The maximum atomic E-state index is 10.3. The Kier molecular flexibility index (Phi) is 2.06. The minimum absolute atomic E-state index is 0.183. The summed E-state index contributed by atoms with van der Waals surface area (Å²) in [4.78, 5) is 10.3. The van der Waals surface area contributed by atoms with Gasteiger partial charge in [0, 0.05) is 4.47 Å². The molecular formula is C7H4BrO2. The molecular weight excluding hydrogens is 196 g/mol. The highest BCUT2D eigenvalue weighted by Gasteiger charge is 2.06. The van der Waals surface area contributed by atoms with Gasteiger partial charge in [0.1, 0.15) is 0 Å². The summed E-state index contributed by atoms with van der Waals surface area (Å²) >= 11 is 3.08. The second-order valence-corrected chi connectivity index (χ2v) is 2.62. The average molecular weight is 200 g/mol. The number of carbonyl (C=O) groups is 1. The lowest BCUT2D eigenvalue weighted by Gasteiger charge is -1.92. The van der Waals surface area contributed by atoms with Gasteiger partial charge in [-0.25, -0.2) is 9.90 Å². The van der Waals surface area contributed by atoms with Gasteiger partial charge in [-0.3, -0.25) is 0 Å². The second kappa shape index (κ2) is 2.84. The molecule has 1 radical (unpaired) electrons. The summed E-state index contributed by atoms with van der Waals surface area (Å²) < 4.78 is 0.551. The fourth-order valence-electron chi connectivity index (χ4n) is 0.627. The number of hydrogen-bond donors (Lipinski definition) is 0. The van der Waals surface area contributed by atoms with E-state index < -0.39 is 5.97 Å². The third-order valence-corrected chi connectivity index (χ3v) is 1.79. The summed E-state index contributed by atoms with van der Waals surface area (Å²) in [5, 5.41) is 10.3. The van der Waals surface area contributed by atoms with E-state index in [9.17, 15) is 9.90 Å². The summed E-state index contributed by atoms with van der Waals surface area (Å²) in [6, 6.07) is 6.54. The van der Waals surface area contributed by atoms with Crippen molar-refractivity contribution in [2.24, 2.45) is 0 Å². The van der Waals surface area contributed by atoms with Crippen LogP contribution in [0, 0.1) is 0 Å². The largest absolute Gasteiger partial charge is 0.387 e. The van der Waals surface area contributed by atoms with Crippen LogP contribution in [0.25, 0.3) is 0 Å². The van der Waals surface area contributed by atoms with E-state index in [4.69, 9.17) is 0 Å². The van der Waals surface area contributed by atoms with Crippen molar-refractivity contribution >= 4 is 21.9 Å². The molecule has 51 valence electrons. The van der Waals surface area contributed by atoms with E-state index in [1.165, 1.54) is 6.07 Å². The summed E-state index contributed by atoms with van der Waals surface area (Å²) in [5.74, 6) is -1.16. The zero-order chi connectivity index (χ0) is 7.56. The lowest BCUT2D eigenvalue weighted by atomic mass is 10.2. The van der Waals surface area contributed by atoms with Gasteiger partial charge < -0.3 is 0 Å². The SMILES string of the molecule is [O]C(=O)c1ccccc1Br. The Labute approximate surface area is 66.6 Å². The first-order valence-corrected chi connectivity index (χ1v) is 3.47. The number of halogens is 1. The molecule has 10 heavy (non-hydrogen) atoms. The molecule has 1 aromatic carbocycles. The van der Waals surface area contributed by atoms with Crippen LogP contribution >= 0.6 is 15.9 Å². The van der Waals surface area contributed by atoms with Crippen LogP contribution in [0.3, 0.4) is 0 Å². The van der Waals surface area contributed by atoms with E-state index in [2.05, 4.69) is 15.9 Å². The highest BCUT2D eigenvalue weighted by Crippen LogP contribution is 2.15. The molecule has 0 aliphatic rings. The van der Waals surface area contributed by atoms with Gasteiger partial charge in [0.25, 0.3) is 0 Å². The monoisotopic (exact) mass is 199 g/mol. The molecule has 0 amide bonds. The van der Waals surface area contributed by atoms with E-state index in [-0.39, 0.29) is 5.56 Å². The van der Waals surface area contributed by atoms with Crippen LogP contribution in [0.2, 0.25) is 0 Å². The molecule has 0 aromatic heterocycles. The van der Waals surface area contributed by atoms with E-state index in [1.807, 2.05) is 0 Å². The van der Waals surface area contributed by atoms with Crippen molar-refractivity contribution in [3.8, 4) is 0 Å². The summed E-state index contributed by atoms with van der Waals surface area (Å²) in [6.07, 6.45) is 0. The van der Waals surface area contributed by atoms with Gasteiger partial charge in [-0.05, 0) is 28.1 Å². The van der Waals surface area contributed by atoms with E-state index in [0.29, 0.717) is 4.47 Å². The summed E-state index contributed by atoms with van der Waals surface area (Å²) in [6.45, 7) is 0. The Morgan fingerprint density at radius 1 is 1.30 bits per heavy atom. The summed E-state index contributed by atoms with van der Waals surface area (Å²) in [7, 11) is 0. The van der Waals surface area contributed by atoms with Gasteiger partial charge in [-0.1, -0.05) is 12.1 Å². The Balaban J connectivity index is 3.15. The van der Waals surface area contributed by atoms with Crippen molar-refractivity contribution in [3.63, 3.8) is 0 Å². The molecule has 0 bridgehead atoms. The number of hydrogen-bond acceptors (Lipinski definition) is 1. The Morgan fingerprint density at radius 3 is 2.30 bits per heavy atom. The smallest absolute Gasteiger partial charge is 0.241 e. The highest BCUT2D eigenvalue weighted by atomic mass is 79.9. The van der Waals surface area contributed by atoms with Crippen molar-refractivity contribution in [2.75, 3.05) is 0 Å². The Hall–Kier alpha value is -0.830. The predicted octanol–water partition coefficient (Wildman–Crippen LogP) is 2.02. The van der Waals surface area contributed by atoms with Crippen LogP contribution in [-0.4, -0.2) is 5.97 Å². The Morgan fingerprint density at radius 2 is 1.90 bits per heavy atom. The van der Waals surface area contributed by atoms with Crippen molar-refractivity contribution in [2.45, 2.75) is 0 Å². The molecule has 2 nitrogen and oxygen atoms in total. The maximum Gasteiger partial charge on any atom is 0.387 e. The first-order chi connectivity index (χ1) is 4.72. The normalized spacial score (nSPS) is 9.30. The molecule has 1 aromatic rings. The van der Waals surface area contributed by atoms with Crippen molar-refractivity contribution in [3.05, 3.63) is 34.3 Å². The van der Waals surface area contributed by atoms with E-state index in [0.717, 1.165) is 0 Å². The molecule has 0 N–H and O–H groups in total. The van der Waals surface area contributed by atoms with Gasteiger partial charge >= 0.3 is 5.97 Å². The van der Waals surface area contributed by atoms with E-state index in [1.54, 1.807) is 18.2 Å². The first kappa shape index (κ1) is 7.28. The Bertz CT molecular complexity index is 258. The van der Waals surface area contributed by atoms with E-state index >= 15 is 0 Å². The number of benzene rings is 1. The zero-order valence-corrected chi connectivity index (χ0v) is 6.59. The van der Waals surface area contributed by atoms with Crippen LogP contribution in [-0.2, 0) is 5.11 Å². The molecule has 0 atom stereocenters. The van der Waals surface area contributed by atoms with Crippen molar-refractivity contribution < 1.29 is 9.90 Å². The predicted molar refractivity (Wildman–Crippen MR) is 39.2 cm³/mol. The molecule has 3 heteroatoms. The molecule has 0 unspecified atom stereocenters. The minimum Gasteiger partial charge on any atom is -0.241 e. The molecule has 1 rings (SSSR count). The lowest BCUT2D eigenvalue weighted by Crippen LogP contribution is -1.93. The first-order valence-electron chi connectivity index (χ1n) is 2.67. The van der Waals surface area contributed by atoms with Crippen LogP contribution in [0.4, 0.5) is 0 Å². The van der Waals surface area contributed by atoms with Gasteiger partial charge in [0.15, 0.2) is 0 Å². The van der Waals surface area contributed by atoms with Gasteiger partial charge in [0.05, 0.1) is 5.56 Å². The molecule has 0 saturated carbocycles. The van der Waals surface area contributed by atoms with Crippen LogP contribution in [0.1, 0.15) is 10.4 Å². The molecule has 0 heterocycles. The molecule has 0 fully saturated rings. The van der Waals surface area contributed by atoms with Gasteiger partial charge in [-0.15, -0.1) is 0 Å². The van der Waals surface area contributed by atoms with Crippen molar-refractivity contribution in [1.29, 1.82) is 0 Å². The quantitative estimate of drug-likeness (QED) is 0.683. The van der Waals surface area contributed by atoms with Crippen LogP contribution in [0.15, 0.2) is 28.7 Å².